The average molecular weight is 229 g/mol. The lowest BCUT2D eigenvalue weighted by atomic mass is 9.89. The predicted molar refractivity (Wildman–Crippen MR) is 69.8 cm³/mol. The van der Waals surface area contributed by atoms with Crippen molar-refractivity contribution in [3.05, 3.63) is 29.8 Å². The highest BCUT2D eigenvalue weighted by atomic mass is 15.2. The average Bonchev–Trinajstić information content (AvgIpc) is 2.38. The molecule has 0 bridgehead atoms. The van der Waals surface area contributed by atoms with Crippen LogP contribution in [0.5, 0.6) is 0 Å². The maximum absolute atomic E-state index is 9.12. The second-order valence-electron chi connectivity index (χ2n) is 4.76. The smallest absolute Gasteiger partial charge is 0.101 e. The maximum Gasteiger partial charge on any atom is 0.101 e. The summed E-state index contributed by atoms with van der Waals surface area (Å²) in [6.07, 6.45) is 4.67. The van der Waals surface area contributed by atoms with Gasteiger partial charge in [-0.2, -0.15) is 5.26 Å². The molecule has 0 radical (unpaired) electrons. The van der Waals surface area contributed by atoms with E-state index < -0.39 is 0 Å². The molecule has 1 saturated carbocycles. The highest BCUT2D eigenvalue weighted by Crippen LogP contribution is 2.27. The molecule has 3 nitrogen and oxygen atoms in total. The van der Waals surface area contributed by atoms with Crippen molar-refractivity contribution >= 4 is 5.69 Å². The van der Waals surface area contributed by atoms with Crippen LogP contribution in [0, 0.1) is 11.3 Å². The van der Waals surface area contributed by atoms with E-state index >= 15 is 0 Å². The van der Waals surface area contributed by atoms with E-state index in [1.165, 1.54) is 12.8 Å². The van der Waals surface area contributed by atoms with Crippen LogP contribution in [0.2, 0.25) is 0 Å². The van der Waals surface area contributed by atoms with Gasteiger partial charge in [-0.05, 0) is 25.0 Å². The third-order valence-corrected chi connectivity index (χ3v) is 3.68. The molecule has 0 heterocycles. The van der Waals surface area contributed by atoms with Crippen molar-refractivity contribution in [3.63, 3.8) is 0 Å². The van der Waals surface area contributed by atoms with Crippen molar-refractivity contribution in [2.45, 2.75) is 37.8 Å². The minimum atomic E-state index is 0.223. The van der Waals surface area contributed by atoms with E-state index in [-0.39, 0.29) is 6.04 Å². The zero-order valence-electron chi connectivity index (χ0n) is 10.3. The number of hydrogen-bond acceptors (Lipinski definition) is 3. The van der Waals surface area contributed by atoms with Gasteiger partial charge < -0.3 is 10.6 Å². The normalized spacial score (nSPS) is 24.1. The van der Waals surface area contributed by atoms with E-state index in [1.54, 1.807) is 0 Å². The van der Waals surface area contributed by atoms with Crippen molar-refractivity contribution in [1.29, 1.82) is 5.26 Å². The molecular formula is C14H19N3. The highest BCUT2D eigenvalue weighted by molar-refractivity contribution is 5.59. The summed E-state index contributed by atoms with van der Waals surface area (Å²) in [6, 6.07) is 10.6. The third-order valence-electron chi connectivity index (χ3n) is 3.68. The molecule has 0 saturated heterocycles. The molecule has 1 fully saturated rings. The molecular weight excluding hydrogens is 210 g/mol. The third kappa shape index (κ3) is 2.42. The van der Waals surface area contributed by atoms with Crippen LogP contribution >= 0.6 is 0 Å². The summed E-state index contributed by atoms with van der Waals surface area (Å²) in [5, 5.41) is 9.12. The SMILES string of the molecule is CN(c1ccccc1C#N)C1CCCCC1N. The Morgan fingerprint density at radius 1 is 1.29 bits per heavy atom. The minimum absolute atomic E-state index is 0.223. The standard InChI is InChI=1S/C14H19N3/c1-17(14-9-5-3-7-12(14)16)13-8-4-2-6-11(13)10-15/h2,4,6,8,12,14H,3,5,7,9,16H2,1H3. The lowest BCUT2D eigenvalue weighted by Crippen LogP contribution is -2.48. The van der Waals surface area contributed by atoms with Crippen LogP contribution in [-0.2, 0) is 0 Å². The predicted octanol–water partition coefficient (Wildman–Crippen LogP) is 2.26. The molecule has 17 heavy (non-hydrogen) atoms. The number of anilines is 1. The Kier molecular flexibility index (Phi) is 3.65. The van der Waals surface area contributed by atoms with Gasteiger partial charge in [0.15, 0.2) is 0 Å². The molecule has 1 aliphatic rings. The molecule has 0 spiro atoms. The summed E-state index contributed by atoms with van der Waals surface area (Å²) in [5.74, 6) is 0. The van der Waals surface area contributed by atoms with Crippen LogP contribution < -0.4 is 10.6 Å². The number of hydrogen-bond donors (Lipinski definition) is 1. The first-order valence-electron chi connectivity index (χ1n) is 6.21. The van der Waals surface area contributed by atoms with Gasteiger partial charge in [0.05, 0.1) is 11.3 Å². The Morgan fingerprint density at radius 2 is 2.00 bits per heavy atom. The molecule has 3 heteroatoms. The number of para-hydroxylation sites is 1. The Balaban J connectivity index is 2.24. The summed E-state index contributed by atoms with van der Waals surface area (Å²) in [4.78, 5) is 2.18. The number of nitrogens with zero attached hydrogens (tertiary/aromatic N) is 2. The van der Waals surface area contributed by atoms with Crippen molar-refractivity contribution in [1.82, 2.24) is 0 Å². The van der Waals surface area contributed by atoms with Crippen LogP contribution in [0.3, 0.4) is 0 Å². The van der Waals surface area contributed by atoms with Crippen LogP contribution in [-0.4, -0.2) is 19.1 Å². The van der Waals surface area contributed by atoms with E-state index in [0.29, 0.717) is 6.04 Å². The molecule has 2 N–H and O–H groups in total. The van der Waals surface area contributed by atoms with Gasteiger partial charge in [0.25, 0.3) is 0 Å². The van der Waals surface area contributed by atoms with Gasteiger partial charge in [-0.15, -0.1) is 0 Å². The largest absolute Gasteiger partial charge is 0.369 e. The van der Waals surface area contributed by atoms with E-state index in [4.69, 9.17) is 11.0 Å². The molecule has 1 aliphatic carbocycles. The highest BCUT2D eigenvalue weighted by Gasteiger charge is 2.26. The van der Waals surface area contributed by atoms with Gasteiger partial charge >= 0.3 is 0 Å². The lowest BCUT2D eigenvalue weighted by molar-refractivity contribution is 0.373. The summed E-state index contributed by atoms with van der Waals surface area (Å²) in [6.45, 7) is 0. The van der Waals surface area contributed by atoms with E-state index in [2.05, 4.69) is 11.0 Å². The monoisotopic (exact) mass is 229 g/mol. The number of nitrogens with two attached hydrogens (primary N) is 1. The van der Waals surface area contributed by atoms with E-state index in [0.717, 1.165) is 24.1 Å². The van der Waals surface area contributed by atoms with Crippen molar-refractivity contribution in [2.24, 2.45) is 5.73 Å². The summed E-state index contributed by atoms with van der Waals surface area (Å²) in [7, 11) is 2.05. The summed E-state index contributed by atoms with van der Waals surface area (Å²) < 4.78 is 0. The van der Waals surface area contributed by atoms with Crippen molar-refractivity contribution < 1.29 is 0 Å². The first-order chi connectivity index (χ1) is 8.24. The van der Waals surface area contributed by atoms with E-state index in [1.807, 2.05) is 31.3 Å². The second kappa shape index (κ2) is 5.20. The Hall–Kier alpha value is -1.53. The summed E-state index contributed by atoms with van der Waals surface area (Å²) in [5.41, 5.74) is 7.91. The van der Waals surface area contributed by atoms with Gasteiger partial charge in [-0.25, -0.2) is 0 Å². The topological polar surface area (TPSA) is 53.0 Å². The van der Waals surface area contributed by atoms with Gasteiger partial charge in [0.1, 0.15) is 6.07 Å². The molecule has 1 aromatic rings. The van der Waals surface area contributed by atoms with Crippen LogP contribution in [0.4, 0.5) is 5.69 Å². The van der Waals surface area contributed by atoms with Gasteiger partial charge in [-0.1, -0.05) is 25.0 Å². The molecule has 0 aromatic heterocycles. The molecule has 2 rings (SSSR count). The summed E-state index contributed by atoms with van der Waals surface area (Å²) >= 11 is 0. The fraction of sp³-hybridized carbons (Fsp3) is 0.500. The Bertz CT molecular complexity index is 422. The van der Waals surface area contributed by atoms with Crippen LogP contribution in [0.1, 0.15) is 31.2 Å². The fourth-order valence-electron chi connectivity index (χ4n) is 2.68. The Labute approximate surface area is 103 Å². The Morgan fingerprint density at radius 3 is 2.71 bits per heavy atom. The first-order valence-corrected chi connectivity index (χ1v) is 6.21. The van der Waals surface area contributed by atoms with Crippen LogP contribution in [0.25, 0.3) is 0 Å². The molecule has 0 amide bonds. The van der Waals surface area contributed by atoms with Gasteiger partial charge in [-0.3, -0.25) is 0 Å². The van der Waals surface area contributed by atoms with Crippen molar-refractivity contribution in [2.75, 3.05) is 11.9 Å². The zero-order valence-corrected chi connectivity index (χ0v) is 10.3. The number of rotatable bonds is 2. The minimum Gasteiger partial charge on any atom is -0.369 e. The van der Waals surface area contributed by atoms with Crippen LogP contribution in [0.15, 0.2) is 24.3 Å². The quantitative estimate of drug-likeness (QED) is 0.846. The molecule has 2 atom stereocenters. The van der Waals surface area contributed by atoms with E-state index in [9.17, 15) is 0 Å². The molecule has 90 valence electrons. The van der Waals surface area contributed by atoms with Gasteiger partial charge in [0.2, 0.25) is 0 Å². The molecule has 2 unspecified atom stereocenters. The maximum atomic E-state index is 9.12. The number of benzene rings is 1. The molecule has 0 aliphatic heterocycles. The van der Waals surface area contributed by atoms with Gasteiger partial charge in [0, 0.05) is 19.1 Å². The fourth-order valence-corrected chi connectivity index (χ4v) is 2.68. The number of nitriles is 1. The zero-order chi connectivity index (χ0) is 12.3. The van der Waals surface area contributed by atoms with Crippen molar-refractivity contribution in [3.8, 4) is 6.07 Å². The number of likely N-dealkylation sites (N-methyl/N-ethyl adjacent to an activating group) is 1. The first kappa shape index (κ1) is 11.9. The second-order valence-corrected chi connectivity index (χ2v) is 4.76. The lowest BCUT2D eigenvalue weighted by Gasteiger charge is -2.37. The molecule has 1 aromatic carbocycles.